The summed E-state index contributed by atoms with van der Waals surface area (Å²) in [6.07, 6.45) is 1.09. The number of carbonyl (C=O) groups excluding carboxylic acids is 1. The molecule has 0 aromatic heterocycles. The fraction of sp³-hybridized carbons (Fsp3) is 0.188. The Morgan fingerprint density at radius 2 is 1.77 bits per heavy atom. The molecule has 0 aliphatic carbocycles. The van der Waals surface area contributed by atoms with Crippen molar-refractivity contribution in [3.8, 4) is 0 Å². The molecule has 0 atom stereocenters. The van der Waals surface area contributed by atoms with Crippen LogP contribution in [-0.4, -0.2) is 27.1 Å². The number of hydrogen-bond donors (Lipinski definition) is 0. The lowest BCUT2D eigenvalue weighted by Crippen LogP contribution is -2.30. The van der Waals surface area contributed by atoms with Crippen molar-refractivity contribution in [1.82, 2.24) is 0 Å². The Morgan fingerprint density at radius 1 is 1.14 bits per heavy atom. The summed E-state index contributed by atoms with van der Waals surface area (Å²) in [6, 6.07) is 11.5. The predicted molar refractivity (Wildman–Crippen MR) is 83.3 cm³/mol. The van der Waals surface area contributed by atoms with E-state index in [4.69, 9.17) is 0 Å². The van der Waals surface area contributed by atoms with Crippen LogP contribution in [0, 0.1) is 5.82 Å². The summed E-state index contributed by atoms with van der Waals surface area (Å²) in [5.41, 5.74) is 0.827. The average Bonchev–Trinajstić information content (AvgIpc) is 2.49. The molecule has 1 amide bonds. The van der Waals surface area contributed by atoms with E-state index in [2.05, 4.69) is 0 Å². The van der Waals surface area contributed by atoms with Gasteiger partial charge in [-0.05, 0) is 49.4 Å². The first-order valence-corrected chi connectivity index (χ1v) is 8.59. The van der Waals surface area contributed by atoms with Crippen LogP contribution in [0.2, 0.25) is 0 Å². The molecule has 0 fully saturated rings. The number of benzene rings is 2. The van der Waals surface area contributed by atoms with Crippen molar-refractivity contribution < 1.29 is 17.6 Å². The smallest absolute Gasteiger partial charge is 0.258 e. The van der Waals surface area contributed by atoms with Gasteiger partial charge in [0.2, 0.25) is 0 Å². The van der Waals surface area contributed by atoms with Crippen molar-refractivity contribution in [3.05, 3.63) is 59.9 Å². The maximum absolute atomic E-state index is 13.0. The third-order valence-electron chi connectivity index (χ3n) is 3.21. The fourth-order valence-corrected chi connectivity index (χ4v) is 2.75. The molecular formula is C16H16FNO3S. The van der Waals surface area contributed by atoms with Crippen LogP contribution in [-0.2, 0) is 9.84 Å². The summed E-state index contributed by atoms with van der Waals surface area (Å²) < 4.78 is 36.2. The molecule has 4 nitrogen and oxygen atoms in total. The normalized spacial score (nSPS) is 11.2. The second-order valence-electron chi connectivity index (χ2n) is 4.83. The van der Waals surface area contributed by atoms with Crippen molar-refractivity contribution in [2.45, 2.75) is 11.8 Å². The van der Waals surface area contributed by atoms with Crippen molar-refractivity contribution in [2.75, 3.05) is 17.7 Å². The molecule has 0 radical (unpaired) electrons. The molecule has 0 saturated carbocycles. The minimum atomic E-state index is -3.38. The molecule has 0 saturated heterocycles. The third kappa shape index (κ3) is 3.51. The fourth-order valence-electron chi connectivity index (χ4n) is 2.08. The Balaban J connectivity index is 2.39. The largest absolute Gasteiger partial charge is 0.309 e. The van der Waals surface area contributed by atoms with Gasteiger partial charge >= 0.3 is 0 Å². The van der Waals surface area contributed by atoms with E-state index < -0.39 is 9.84 Å². The molecule has 116 valence electrons. The molecule has 0 heterocycles. The maximum atomic E-state index is 13.0. The first kappa shape index (κ1) is 16.2. The Kier molecular flexibility index (Phi) is 4.61. The number of rotatable bonds is 4. The monoisotopic (exact) mass is 321 g/mol. The van der Waals surface area contributed by atoms with Gasteiger partial charge in [0.05, 0.1) is 4.90 Å². The average molecular weight is 321 g/mol. The van der Waals surface area contributed by atoms with Crippen molar-refractivity contribution in [1.29, 1.82) is 0 Å². The van der Waals surface area contributed by atoms with E-state index in [9.17, 15) is 17.6 Å². The zero-order valence-electron chi connectivity index (χ0n) is 12.3. The number of halogens is 1. The van der Waals surface area contributed by atoms with Gasteiger partial charge in [-0.25, -0.2) is 12.8 Å². The standard InChI is InChI=1S/C16H16FNO3S/c1-3-18(14-9-7-13(17)8-10-14)16(19)12-5-4-6-15(11-12)22(2,20)21/h4-11H,3H2,1-2H3. The first-order valence-electron chi connectivity index (χ1n) is 6.70. The lowest BCUT2D eigenvalue weighted by molar-refractivity contribution is 0.0988. The molecule has 0 aliphatic heterocycles. The van der Waals surface area contributed by atoms with Crippen LogP contribution in [0.4, 0.5) is 10.1 Å². The summed E-state index contributed by atoms with van der Waals surface area (Å²) in [4.78, 5) is 14.1. The van der Waals surface area contributed by atoms with Gasteiger partial charge in [0.1, 0.15) is 5.82 Å². The number of amides is 1. The Labute approximate surface area is 129 Å². The topological polar surface area (TPSA) is 54.5 Å². The minimum Gasteiger partial charge on any atom is -0.309 e. The molecule has 2 aromatic carbocycles. The summed E-state index contributed by atoms with van der Waals surface area (Å²) >= 11 is 0. The highest BCUT2D eigenvalue weighted by molar-refractivity contribution is 7.90. The number of nitrogens with zero attached hydrogens (tertiary/aromatic N) is 1. The number of sulfone groups is 1. The molecule has 0 aliphatic rings. The van der Waals surface area contributed by atoms with E-state index in [1.165, 1.54) is 47.4 Å². The highest BCUT2D eigenvalue weighted by Crippen LogP contribution is 2.19. The molecule has 6 heteroatoms. The van der Waals surface area contributed by atoms with Crippen LogP contribution >= 0.6 is 0 Å². The van der Waals surface area contributed by atoms with Crippen molar-refractivity contribution in [2.24, 2.45) is 0 Å². The second-order valence-corrected chi connectivity index (χ2v) is 6.84. The quantitative estimate of drug-likeness (QED) is 0.870. The summed E-state index contributed by atoms with van der Waals surface area (Å²) in [5.74, 6) is -0.717. The van der Waals surface area contributed by atoms with E-state index in [1.807, 2.05) is 0 Å². The van der Waals surface area contributed by atoms with Gasteiger partial charge in [-0.1, -0.05) is 6.07 Å². The number of anilines is 1. The molecule has 0 bridgehead atoms. The molecule has 0 unspecified atom stereocenters. The van der Waals surface area contributed by atoms with E-state index in [0.29, 0.717) is 12.2 Å². The van der Waals surface area contributed by atoms with Gasteiger partial charge in [0.25, 0.3) is 5.91 Å². The Hall–Kier alpha value is -2.21. The first-order chi connectivity index (χ1) is 10.3. The van der Waals surface area contributed by atoms with Crippen molar-refractivity contribution >= 4 is 21.4 Å². The minimum absolute atomic E-state index is 0.0912. The highest BCUT2D eigenvalue weighted by Gasteiger charge is 2.18. The van der Waals surface area contributed by atoms with E-state index in [-0.39, 0.29) is 22.2 Å². The predicted octanol–water partition coefficient (Wildman–Crippen LogP) is 2.90. The van der Waals surface area contributed by atoms with Crippen LogP contribution in [0.3, 0.4) is 0 Å². The van der Waals surface area contributed by atoms with Crippen LogP contribution in [0.5, 0.6) is 0 Å². The molecule has 0 spiro atoms. The molecular weight excluding hydrogens is 305 g/mol. The van der Waals surface area contributed by atoms with Gasteiger partial charge in [0, 0.05) is 24.1 Å². The van der Waals surface area contributed by atoms with Gasteiger partial charge in [-0.3, -0.25) is 4.79 Å². The van der Waals surface area contributed by atoms with E-state index in [0.717, 1.165) is 6.26 Å². The van der Waals surface area contributed by atoms with Gasteiger partial charge in [-0.15, -0.1) is 0 Å². The lowest BCUT2D eigenvalue weighted by Gasteiger charge is -2.21. The Morgan fingerprint density at radius 3 is 2.32 bits per heavy atom. The van der Waals surface area contributed by atoms with E-state index >= 15 is 0 Å². The number of hydrogen-bond acceptors (Lipinski definition) is 3. The zero-order valence-corrected chi connectivity index (χ0v) is 13.1. The molecule has 2 aromatic rings. The Bertz CT molecular complexity index is 785. The van der Waals surface area contributed by atoms with Crippen LogP contribution in [0.1, 0.15) is 17.3 Å². The number of carbonyl (C=O) groups is 1. The van der Waals surface area contributed by atoms with Gasteiger partial charge < -0.3 is 4.90 Å². The second kappa shape index (κ2) is 6.27. The SMILES string of the molecule is CCN(C(=O)c1cccc(S(C)(=O)=O)c1)c1ccc(F)cc1. The van der Waals surface area contributed by atoms with Crippen LogP contribution < -0.4 is 4.90 Å². The highest BCUT2D eigenvalue weighted by atomic mass is 32.2. The molecule has 22 heavy (non-hydrogen) atoms. The van der Waals surface area contributed by atoms with Crippen molar-refractivity contribution in [3.63, 3.8) is 0 Å². The zero-order chi connectivity index (χ0) is 16.3. The van der Waals surface area contributed by atoms with Gasteiger partial charge in [0.15, 0.2) is 9.84 Å². The lowest BCUT2D eigenvalue weighted by atomic mass is 10.2. The third-order valence-corrected chi connectivity index (χ3v) is 4.32. The summed E-state index contributed by atoms with van der Waals surface area (Å²) in [7, 11) is -3.38. The molecule has 0 N–H and O–H groups in total. The maximum Gasteiger partial charge on any atom is 0.258 e. The summed E-state index contributed by atoms with van der Waals surface area (Å²) in [5, 5.41) is 0. The van der Waals surface area contributed by atoms with Crippen LogP contribution in [0.25, 0.3) is 0 Å². The summed E-state index contributed by atoms with van der Waals surface area (Å²) in [6.45, 7) is 2.18. The molecule has 2 rings (SSSR count). The van der Waals surface area contributed by atoms with Gasteiger partial charge in [-0.2, -0.15) is 0 Å². The van der Waals surface area contributed by atoms with E-state index in [1.54, 1.807) is 13.0 Å². The van der Waals surface area contributed by atoms with Crippen LogP contribution in [0.15, 0.2) is 53.4 Å².